The molecule has 2 aliphatic carbocycles. The Bertz CT molecular complexity index is 1240. The normalized spacial score (nSPS) is 24.7. The van der Waals surface area contributed by atoms with Crippen molar-refractivity contribution in [3.63, 3.8) is 0 Å². The lowest BCUT2D eigenvalue weighted by Crippen LogP contribution is -2.58. The minimum Gasteiger partial charge on any atom is -0.486 e. The Kier molecular flexibility index (Phi) is 7.68. The molecule has 5 rings (SSSR count). The van der Waals surface area contributed by atoms with Crippen LogP contribution in [0.25, 0.3) is 0 Å². The van der Waals surface area contributed by atoms with Crippen molar-refractivity contribution in [3.05, 3.63) is 76.9 Å². The Balaban J connectivity index is 1.56. The average molecular weight is 545 g/mol. The molecule has 1 fully saturated rings. The first-order valence-corrected chi connectivity index (χ1v) is 13.2. The van der Waals surface area contributed by atoms with E-state index in [9.17, 15) is 33.0 Å². The summed E-state index contributed by atoms with van der Waals surface area (Å²) < 4.78 is 45.6. The van der Waals surface area contributed by atoms with Crippen LogP contribution in [0.5, 0.6) is 5.75 Å². The molecule has 3 N–H and O–H groups in total. The summed E-state index contributed by atoms with van der Waals surface area (Å²) in [5.41, 5.74) is 0.264. The first kappa shape index (κ1) is 27.2. The van der Waals surface area contributed by atoms with E-state index in [0.29, 0.717) is 24.2 Å². The van der Waals surface area contributed by atoms with Gasteiger partial charge in [-0.1, -0.05) is 37.5 Å². The van der Waals surface area contributed by atoms with Gasteiger partial charge in [-0.05, 0) is 49.2 Å². The first-order valence-electron chi connectivity index (χ1n) is 13.2. The number of nitrogens with one attached hydrogen (secondary N) is 1. The van der Waals surface area contributed by atoms with Crippen molar-refractivity contribution in [2.24, 2.45) is 0 Å². The molecule has 0 bridgehead atoms. The minimum atomic E-state index is -4.53. The van der Waals surface area contributed by atoms with Gasteiger partial charge >= 0.3 is 6.18 Å². The largest absolute Gasteiger partial charge is 0.486 e. The van der Waals surface area contributed by atoms with Gasteiger partial charge < -0.3 is 25.2 Å². The lowest BCUT2D eigenvalue weighted by Gasteiger charge is -2.45. The van der Waals surface area contributed by atoms with E-state index >= 15 is 0 Å². The number of aliphatic hydroxyl groups is 2. The van der Waals surface area contributed by atoms with Gasteiger partial charge in [0, 0.05) is 29.3 Å². The maximum atomic E-state index is 13.9. The number of benzene rings is 2. The zero-order chi connectivity index (χ0) is 27.7. The smallest absolute Gasteiger partial charge is 0.416 e. The molecule has 4 unspecified atom stereocenters. The maximum Gasteiger partial charge on any atom is 0.416 e. The van der Waals surface area contributed by atoms with Crippen LogP contribution in [0.15, 0.2) is 60.2 Å². The lowest BCUT2D eigenvalue weighted by molar-refractivity contribution is -0.137. The molecule has 4 atom stereocenters. The van der Waals surface area contributed by atoms with E-state index in [1.807, 2.05) is 12.1 Å². The topological polar surface area (TPSA) is 99.1 Å². The van der Waals surface area contributed by atoms with Crippen LogP contribution >= 0.6 is 0 Å². The molecule has 0 spiro atoms. The summed E-state index contributed by atoms with van der Waals surface area (Å²) in [6.07, 6.45) is -0.906. The van der Waals surface area contributed by atoms with E-state index in [1.54, 1.807) is 18.2 Å². The third-order valence-corrected chi connectivity index (χ3v) is 7.86. The Morgan fingerprint density at radius 2 is 1.72 bits per heavy atom. The van der Waals surface area contributed by atoms with Gasteiger partial charge in [0.25, 0.3) is 5.91 Å². The van der Waals surface area contributed by atoms with E-state index in [0.717, 1.165) is 49.1 Å². The van der Waals surface area contributed by atoms with Crippen molar-refractivity contribution in [1.82, 2.24) is 10.2 Å². The molecule has 0 saturated heterocycles. The van der Waals surface area contributed by atoms with E-state index in [1.165, 1.54) is 4.90 Å². The molecular formula is C29H31F3N2O5. The molecule has 2 aromatic carbocycles. The second-order valence-electron chi connectivity index (χ2n) is 10.3. The fraction of sp³-hybridized carbons (Fsp3) is 0.448. The minimum absolute atomic E-state index is 0.0279. The standard InChI is InChI=1S/C29H31F3N2O5/c30-29(31,32)18-12-10-17(11-13-18)28(38)34(19-6-2-1-3-7-19)22-16-21(27(37)33-14-15-35)24-20-8-4-5-9-23(20)39-26(24)25(22)36/h4-5,8-13,16,19,22,24-26,35-36H,1-3,6-7,14-15H2,(H,33,37). The Labute approximate surface area is 224 Å². The first-order chi connectivity index (χ1) is 18.7. The van der Waals surface area contributed by atoms with Crippen LogP contribution in [0.2, 0.25) is 0 Å². The molecule has 10 heteroatoms. The van der Waals surface area contributed by atoms with Crippen molar-refractivity contribution >= 4 is 11.8 Å². The third-order valence-electron chi connectivity index (χ3n) is 7.86. The van der Waals surface area contributed by atoms with E-state index in [-0.39, 0.29) is 24.8 Å². The fourth-order valence-corrected chi connectivity index (χ4v) is 6.02. The van der Waals surface area contributed by atoms with Gasteiger partial charge in [-0.3, -0.25) is 9.59 Å². The highest BCUT2D eigenvalue weighted by molar-refractivity contribution is 5.97. The number of carbonyl (C=O) groups is 2. The number of halogens is 3. The zero-order valence-electron chi connectivity index (χ0n) is 21.2. The number of nitrogens with zero attached hydrogens (tertiary/aromatic N) is 1. The van der Waals surface area contributed by atoms with E-state index in [4.69, 9.17) is 4.74 Å². The number of carbonyl (C=O) groups excluding carboxylic acids is 2. The van der Waals surface area contributed by atoms with Crippen LogP contribution in [-0.4, -0.2) is 64.4 Å². The highest BCUT2D eigenvalue weighted by atomic mass is 19.4. The van der Waals surface area contributed by atoms with Gasteiger partial charge in [0.1, 0.15) is 18.0 Å². The SMILES string of the molecule is O=C(NCCO)C1=CC(N(C(=O)c2ccc(C(F)(F)F)cc2)C2CCCCC2)C(O)C2Oc3ccccc3C12. The van der Waals surface area contributed by atoms with Crippen LogP contribution in [0, 0.1) is 0 Å². The third kappa shape index (κ3) is 5.27. The Hall–Kier alpha value is -3.37. The number of fused-ring (bicyclic) bond motifs is 3. The summed E-state index contributed by atoms with van der Waals surface area (Å²) >= 11 is 0. The molecule has 1 aliphatic heterocycles. The number of rotatable bonds is 6. The molecule has 1 saturated carbocycles. The van der Waals surface area contributed by atoms with Crippen LogP contribution in [0.3, 0.4) is 0 Å². The molecule has 39 heavy (non-hydrogen) atoms. The maximum absolute atomic E-state index is 13.9. The summed E-state index contributed by atoms with van der Waals surface area (Å²) in [4.78, 5) is 28.8. The molecule has 1 heterocycles. The highest BCUT2D eigenvalue weighted by Gasteiger charge is 2.51. The monoisotopic (exact) mass is 544 g/mol. The van der Waals surface area contributed by atoms with Crippen molar-refractivity contribution in [3.8, 4) is 5.75 Å². The number of hydrogen-bond donors (Lipinski definition) is 3. The zero-order valence-corrected chi connectivity index (χ0v) is 21.2. The molecule has 0 radical (unpaired) electrons. The number of amides is 2. The number of hydrogen-bond acceptors (Lipinski definition) is 5. The number of para-hydroxylation sites is 1. The van der Waals surface area contributed by atoms with Crippen LogP contribution < -0.4 is 10.1 Å². The summed E-state index contributed by atoms with van der Waals surface area (Å²) in [7, 11) is 0. The van der Waals surface area contributed by atoms with Gasteiger partial charge in [0.2, 0.25) is 5.91 Å². The predicted octanol–water partition coefficient (Wildman–Crippen LogP) is 3.80. The number of alkyl halides is 3. The fourth-order valence-electron chi connectivity index (χ4n) is 6.02. The summed E-state index contributed by atoms with van der Waals surface area (Å²) in [6, 6.07) is 10.0. The van der Waals surface area contributed by atoms with Crippen molar-refractivity contribution in [2.45, 2.75) is 68.5 Å². The molecular weight excluding hydrogens is 513 g/mol. The van der Waals surface area contributed by atoms with E-state index < -0.39 is 47.7 Å². The molecule has 2 aromatic rings. The molecule has 0 aromatic heterocycles. The lowest BCUT2D eigenvalue weighted by atomic mass is 9.76. The van der Waals surface area contributed by atoms with Gasteiger partial charge in [-0.25, -0.2) is 0 Å². The van der Waals surface area contributed by atoms with Crippen molar-refractivity contribution < 1.29 is 37.7 Å². The summed E-state index contributed by atoms with van der Waals surface area (Å²) in [6.45, 7) is -0.229. The molecule has 3 aliphatic rings. The van der Waals surface area contributed by atoms with Gasteiger partial charge in [0.05, 0.1) is 24.1 Å². The van der Waals surface area contributed by atoms with Crippen LogP contribution in [-0.2, 0) is 11.0 Å². The highest BCUT2D eigenvalue weighted by Crippen LogP contribution is 2.47. The molecule has 208 valence electrons. The van der Waals surface area contributed by atoms with Gasteiger partial charge in [0.15, 0.2) is 0 Å². The summed E-state index contributed by atoms with van der Waals surface area (Å²) in [5, 5.41) is 23.6. The Morgan fingerprint density at radius 1 is 1.03 bits per heavy atom. The Morgan fingerprint density at radius 3 is 2.38 bits per heavy atom. The van der Waals surface area contributed by atoms with Crippen LogP contribution in [0.4, 0.5) is 13.2 Å². The second kappa shape index (κ2) is 11.0. The molecule has 2 amide bonds. The van der Waals surface area contributed by atoms with Gasteiger partial charge in [-0.15, -0.1) is 0 Å². The second-order valence-corrected chi connectivity index (χ2v) is 10.3. The average Bonchev–Trinajstić information content (AvgIpc) is 3.33. The van der Waals surface area contributed by atoms with Crippen LogP contribution in [0.1, 0.15) is 59.5 Å². The predicted molar refractivity (Wildman–Crippen MR) is 136 cm³/mol. The van der Waals surface area contributed by atoms with Gasteiger partial charge in [-0.2, -0.15) is 13.2 Å². The quantitative estimate of drug-likeness (QED) is 0.514. The summed E-state index contributed by atoms with van der Waals surface area (Å²) in [5.74, 6) is -1.01. The van der Waals surface area contributed by atoms with Crippen molar-refractivity contribution in [2.75, 3.05) is 13.2 Å². The van der Waals surface area contributed by atoms with Crippen molar-refractivity contribution in [1.29, 1.82) is 0 Å². The van der Waals surface area contributed by atoms with E-state index in [2.05, 4.69) is 5.32 Å². The molecule has 7 nitrogen and oxygen atoms in total. The number of ether oxygens (including phenoxy) is 1. The number of aliphatic hydroxyl groups excluding tert-OH is 2.